The predicted octanol–water partition coefficient (Wildman–Crippen LogP) is 3.17. The molecule has 0 aliphatic carbocycles. The van der Waals surface area contributed by atoms with E-state index in [1.807, 2.05) is 0 Å². The van der Waals surface area contributed by atoms with Crippen molar-refractivity contribution in [3.05, 3.63) is 35.4 Å². The topological polar surface area (TPSA) is 103 Å². The first-order chi connectivity index (χ1) is 15.3. The van der Waals surface area contributed by atoms with Gasteiger partial charge >= 0.3 is 0 Å². The fraction of sp³-hybridized carbons (Fsp3) is 0.381. The molecule has 32 heavy (non-hydrogen) atoms. The largest absolute Gasteiger partial charge is 0.495 e. The van der Waals surface area contributed by atoms with Crippen LogP contribution >= 0.6 is 11.6 Å². The molecule has 1 fully saturated rings. The number of ether oxygens (including phenoxy) is 4. The number of rotatable bonds is 8. The van der Waals surface area contributed by atoms with Gasteiger partial charge in [0.15, 0.2) is 11.5 Å². The first-order valence-electron chi connectivity index (χ1n) is 9.73. The third kappa shape index (κ3) is 4.57. The fourth-order valence-corrected chi connectivity index (χ4v) is 5.48. The van der Waals surface area contributed by atoms with E-state index in [9.17, 15) is 13.2 Å². The first-order valence-corrected chi connectivity index (χ1v) is 11.5. The van der Waals surface area contributed by atoms with Gasteiger partial charge in [0.2, 0.25) is 15.9 Å². The minimum absolute atomic E-state index is 0.0144. The molecule has 11 heteroatoms. The number of methoxy groups -OCH3 is 4. The van der Waals surface area contributed by atoms with Crippen LogP contribution in [-0.4, -0.2) is 59.7 Å². The quantitative estimate of drug-likeness (QED) is 0.613. The molecule has 3 rings (SSSR count). The summed E-state index contributed by atoms with van der Waals surface area (Å²) in [6, 6.07) is 6.48. The molecule has 1 atom stereocenters. The Bertz CT molecular complexity index is 1110. The van der Waals surface area contributed by atoms with Gasteiger partial charge in [-0.05, 0) is 25.0 Å². The minimum Gasteiger partial charge on any atom is -0.495 e. The van der Waals surface area contributed by atoms with E-state index >= 15 is 0 Å². The van der Waals surface area contributed by atoms with Gasteiger partial charge in [0.1, 0.15) is 17.5 Å². The van der Waals surface area contributed by atoms with Crippen LogP contribution < -0.4 is 24.3 Å². The van der Waals surface area contributed by atoms with E-state index < -0.39 is 22.0 Å². The monoisotopic (exact) mass is 484 g/mol. The highest BCUT2D eigenvalue weighted by Gasteiger charge is 2.40. The van der Waals surface area contributed by atoms with E-state index in [2.05, 4.69) is 5.32 Å². The molecule has 0 spiro atoms. The van der Waals surface area contributed by atoms with E-state index in [0.29, 0.717) is 40.8 Å². The van der Waals surface area contributed by atoms with Crippen molar-refractivity contribution in [2.45, 2.75) is 23.8 Å². The number of hydrogen-bond donors (Lipinski definition) is 1. The Morgan fingerprint density at radius 2 is 1.62 bits per heavy atom. The number of hydrogen-bond acceptors (Lipinski definition) is 7. The van der Waals surface area contributed by atoms with Gasteiger partial charge in [-0.1, -0.05) is 11.6 Å². The van der Waals surface area contributed by atoms with Gasteiger partial charge in [0, 0.05) is 24.7 Å². The highest BCUT2D eigenvalue weighted by Crippen LogP contribution is 2.37. The first kappa shape index (κ1) is 24.0. The molecule has 1 amide bonds. The molecule has 2 aromatic carbocycles. The van der Waals surface area contributed by atoms with Crippen LogP contribution in [-0.2, 0) is 14.8 Å². The molecular formula is C21H25ClN2O7S. The molecule has 1 unspecified atom stereocenters. The van der Waals surface area contributed by atoms with Gasteiger partial charge in [-0.3, -0.25) is 4.79 Å². The van der Waals surface area contributed by atoms with Crippen molar-refractivity contribution in [2.24, 2.45) is 0 Å². The van der Waals surface area contributed by atoms with Crippen molar-refractivity contribution in [2.75, 3.05) is 40.3 Å². The number of anilines is 1. The number of halogens is 1. The van der Waals surface area contributed by atoms with Crippen LogP contribution in [0.15, 0.2) is 35.2 Å². The van der Waals surface area contributed by atoms with Gasteiger partial charge in [-0.2, -0.15) is 4.31 Å². The summed E-state index contributed by atoms with van der Waals surface area (Å²) < 4.78 is 48.7. The highest BCUT2D eigenvalue weighted by atomic mass is 35.5. The Hall–Kier alpha value is -2.69. The van der Waals surface area contributed by atoms with Gasteiger partial charge in [-0.25, -0.2) is 8.42 Å². The van der Waals surface area contributed by atoms with Crippen LogP contribution in [0.4, 0.5) is 5.69 Å². The van der Waals surface area contributed by atoms with Crippen LogP contribution in [0, 0.1) is 0 Å². The lowest BCUT2D eigenvalue weighted by atomic mass is 10.2. The number of sulfonamides is 1. The van der Waals surface area contributed by atoms with Gasteiger partial charge in [0.05, 0.1) is 44.0 Å². The average Bonchev–Trinajstić information content (AvgIpc) is 3.30. The summed E-state index contributed by atoms with van der Waals surface area (Å²) in [4.78, 5) is 13.1. The Kier molecular flexibility index (Phi) is 7.37. The second kappa shape index (κ2) is 9.85. The smallest absolute Gasteiger partial charge is 0.243 e. The molecule has 1 aliphatic rings. The van der Waals surface area contributed by atoms with E-state index in [1.54, 1.807) is 0 Å². The maximum Gasteiger partial charge on any atom is 0.243 e. The predicted molar refractivity (Wildman–Crippen MR) is 120 cm³/mol. The summed E-state index contributed by atoms with van der Waals surface area (Å²) in [6.07, 6.45) is 0.928. The molecule has 0 radical (unpaired) electrons. The lowest BCUT2D eigenvalue weighted by molar-refractivity contribution is -0.119. The number of benzene rings is 2. The van der Waals surface area contributed by atoms with Crippen molar-refractivity contribution in [3.8, 4) is 23.0 Å². The summed E-state index contributed by atoms with van der Waals surface area (Å²) in [5, 5.41) is 3.07. The van der Waals surface area contributed by atoms with E-state index in [4.69, 9.17) is 30.5 Å². The van der Waals surface area contributed by atoms with Crippen LogP contribution in [0.2, 0.25) is 5.02 Å². The molecule has 0 saturated carbocycles. The summed E-state index contributed by atoms with van der Waals surface area (Å²) in [6.45, 7) is 0.218. The second-order valence-electron chi connectivity index (χ2n) is 6.97. The number of carbonyl (C=O) groups is 1. The molecule has 9 nitrogen and oxygen atoms in total. The van der Waals surface area contributed by atoms with Crippen LogP contribution in [0.5, 0.6) is 23.0 Å². The van der Waals surface area contributed by atoms with Crippen LogP contribution in [0.25, 0.3) is 0 Å². The maximum atomic E-state index is 13.3. The normalized spacial score (nSPS) is 16.5. The molecule has 1 N–H and O–H groups in total. The summed E-state index contributed by atoms with van der Waals surface area (Å²) in [5.74, 6) is 0.896. The molecule has 174 valence electrons. The molecular weight excluding hydrogens is 460 g/mol. The number of nitrogens with one attached hydrogen (secondary N) is 1. The van der Waals surface area contributed by atoms with Crippen molar-refractivity contribution < 1.29 is 32.2 Å². The van der Waals surface area contributed by atoms with E-state index in [0.717, 1.165) is 0 Å². The average molecular weight is 485 g/mol. The molecule has 1 heterocycles. The fourth-order valence-electron chi connectivity index (χ4n) is 3.58. The Labute approximate surface area is 192 Å². The third-order valence-electron chi connectivity index (χ3n) is 5.20. The molecule has 0 bridgehead atoms. The second-order valence-corrected chi connectivity index (χ2v) is 9.26. The van der Waals surface area contributed by atoms with Crippen molar-refractivity contribution in [1.82, 2.24) is 4.31 Å². The summed E-state index contributed by atoms with van der Waals surface area (Å²) in [5.41, 5.74) is 0.328. The van der Waals surface area contributed by atoms with Crippen molar-refractivity contribution >= 4 is 33.2 Å². The zero-order chi connectivity index (χ0) is 23.5. The van der Waals surface area contributed by atoms with Crippen molar-refractivity contribution in [3.63, 3.8) is 0 Å². The SMILES string of the molecule is COc1cc(NC(=O)C2CCCN2S(=O)(=O)c2ccc(OC)c(OC)c2)c(OC)cc1Cl. The zero-order valence-corrected chi connectivity index (χ0v) is 19.7. The summed E-state index contributed by atoms with van der Waals surface area (Å²) in [7, 11) is 1.83. The van der Waals surface area contributed by atoms with E-state index in [1.165, 1.54) is 63.1 Å². The molecule has 1 aliphatic heterocycles. The number of nitrogens with zero attached hydrogens (tertiary/aromatic N) is 1. The Balaban J connectivity index is 1.89. The Morgan fingerprint density at radius 1 is 0.969 bits per heavy atom. The van der Waals surface area contributed by atoms with Crippen molar-refractivity contribution in [1.29, 1.82) is 0 Å². The number of carbonyl (C=O) groups excluding carboxylic acids is 1. The Morgan fingerprint density at radius 3 is 2.25 bits per heavy atom. The minimum atomic E-state index is -3.96. The maximum absolute atomic E-state index is 13.3. The lowest BCUT2D eigenvalue weighted by Crippen LogP contribution is -2.43. The zero-order valence-electron chi connectivity index (χ0n) is 18.2. The molecule has 1 saturated heterocycles. The highest BCUT2D eigenvalue weighted by molar-refractivity contribution is 7.89. The summed E-state index contributed by atoms with van der Waals surface area (Å²) >= 11 is 6.12. The third-order valence-corrected chi connectivity index (χ3v) is 7.40. The van der Waals surface area contributed by atoms with Crippen LogP contribution in [0.1, 0.15) is 12.8 Å². The molecule has 0 aromatic heterocycles. The van der Waals surface area contributed by atoms with Gasteiger partial charge < -0.3 is 24.3 Å². The van der Waals surface area contributed by atoms with Gasteiger partial charge in [-0.15, -0.1) is 0 Å². The number of amides is 1. The van der Waals surface area contributed by atoms with Gasteiger partial charge in [0.25, 0.3) is 0 Å². The van der Waals surface area contributed by atoms with E-state index in [-0.39, 0.29) is 17.2 Å². The lowest BCUT2D eigenvalue weighted by Gasteiger charge is -2.24. The molecule has 2 aromatic rings. The standard InChI is InChI=1S/C21H25ClN2O7S/c1-28-17-8-7-13(10-20(17)31-4)32(26,27)24-9-5-6-16(24)21(25)23-15-12-18(29-2)14(22)11-19(15)30-3/h7-8,10-12,16H,5-6,9H2,1-4H3,(H,23,25). The van der Waals surface area contributed by atoms with Crippen LogP contribution in [0.3, 0.4) is 0 Å².